The molecule has 1 amide bonds. The Hall–Kier alpha value is -1.70. The first-order chi connectivity index (χ1) is 13.2. The third-order valence-electron chi connectivity index (χ3n) is 4.07. The van der Waals surface area contributed by atoms with Crippen LogP contribution in [-0.4, -0.2) is 38.9 Å². The Morgan fingerprint density at radius 2 is 1.89 bits per heavy atom. The zero-order valence-corrected chi connectivity index (χ0v) is 18.6. The summed E-state index contributed by atoms with van der Waals surface area (Å²) in [5, 5.41) is 3.54. The molecule has 1 N–H and O–H groups in total. The van der Waals surface area contributed by atoms with Crippen LogP contribution < -0.4 is 9.62 Å². The van der Waals surface area contributed by atoms with Gasteiger partial charge in [-0.2, -0.15) is 11.8 Å². The number of benzene rings is 2. The first kappa shape index (κ1) is 22.6. The van der Waals surface area contributed by atoms with Gasteiger partial charge >= 0.3 is 0 Å². The van der Waals surface area contributed by atoms with Crippen molar-refractivity contribution in [3.8, 4) is 0 Å². The molecular weight excluding hydrogens is 416 g/mol. The minimum atomic E-state index is -3.60. The van der Waals surface area contributed by atoms with E-state index in [2.05, 4.69) is 5.32 Å². The first-order valence-electron chi connectivity index (χ1n) is 8.84. The maximum atomic E-state index is 12.5. The first-order valence-corrected chi connectivity index (χ1v) is 12.2. The zero-order valence-electron chi connectivity index (χ0n) is 16.2. The number of carbonyl (C=O) groups is 1. The largest absolute Gasteiger partial charge is 0.353 e. The van der Waals surface area contributed by atoms with Crippen molar-refractivity contribution in [3.63, 3.8) is 0 Å². The van der Waals surface area contributed by atoms with Crippen LogP contribution in [-0.2, 0) is 20.6 Å². The molecule has 0 saturated carbocycles. The van der Waals surface area contributed by atoms with Crippen molar-refractivity contribution in [1.29, 1.82) is 0 Å². The summed E-state index contributed by atoms with van der Waals surface area (Å²) in [5.41, 5.74) is 2.58. The monoisotopic (exact) mass is 440 g/mol. The fourth-order valence-electron chi connectivity index (χ4n) is 2.74. The molecule has 28 heavy (non-hydrogen) atoms. The highest BCUT2D eigenvalue weighted by atomic mass is 35.5. The second kappa shape index (κ2) is 10.2. The summed E-state index contributed by atoms with van der Waals surface area (Å²) in [6, 6.07) is 13.9. The molecule has 152 valence electrons. The molecular formula is C20H25ClN2O3S2. The lowest BCUT2D eigenvalue weighted by molar-refractivity contribution is -0.121. The van der Waals surface area contributed by atoms with Gasteiger partial charge in [0.05, 0.1) is 11.9 Å². The quantitative estimate of drug-likeness (QED) is 0.601. The lowest BCUT2D eigenvalue weighted by Crippen LogP contribution is -2.48. The number of nitrogens with zero attached hydrogens (tertiary/aromatic N) is 1. The van der Waals surface area contributed by atoms with Crippen molar-refractivity contribution in [3.05, 3.63) is 64.7 Å². The van der Waals surface area contributed by atoms with Gasteiger partial charge in [0.1, 0.15) is 6.04 Å². The molecule has 0 fully saturated rings. The molecule has 8 heteroatoms. The predicted molar refractivity (Wildman–Crippen MR) is 119 cm³/mol. The highest BCUT2D eigenvalue weighted by Crippen LogP contribution is 2.22. The molecule has 5 nitrogen and oxygen atoms in total. The Kier molecular flexibility index (Phi) is 8.22. The van der Waals surface area contributed by atoms with Gasteiger partial charge in [0.25, 0.3) is 0 Å². The number of halogens is 1. The summed E-state index contributed by atoms with van der Waals surface area (Å²) in [5.74, 6) is 1.23. The van der Waals surface area contributed by atoms with E-state index in [1.165, 1.54) is 0 Å². The van der Waals surface area contributed by atoms with Gasteiger partial charge < -0.3 is 5.32 Å². The molecule has 0 aliphatic rings. The molecule has 2 rings (SSSR count). The van der Waals surface area contributed by atoms with E-state index >= 15 is 0 Å². The number of nitrogens with one attached hydrogen (secondary N) is 1. The van der Waals surface area contributed by atoms with E-state index < -0.39 is 16.1 Å². The molecule has 0 heterocycles. The van der Waals surface area contributed by atoms with Crippen LogP contribution in [0.3, 0.4) is 0 Å². The Labute approximate surface area is 176 Å². The topological polar surface area (TPSA) is 66.5 Å². The third-order valence-corrected chi connectivity index (χ3v) is 6.60. The maximum Gasteiger partial charge on any atom is 0.243 e. The Morgan fingerprint density at radius 3 is 2.50 bits per heavy atom. The highest BCUT2D eigenvalue weighted by Gasteiger charge is 2.28. The number of thioether (sulfide) groups is 1. The minimum Gasteiger partial charge on any atom is -0.353 e. The molecule has 0 unspecified atom stereocenters. The van der Waals surface area contributed by atoms with Crippen LogP contribution in [0, 0.1) is 6.92 Å². The lowest BCUT2D eigenvalue weighted by Gasteiger charge is -2.28. The number of sulfonamides is 1. The van der Waals surface area contributed by atoms with Crippen molar-refractivity contribution in [2.45, 2.75) is 25.6 Å². The van der Waals surface area contributed by atoms with E-state index in [1.807, 2.05) is 37.3 Å². The predicted octanol–water partition coefficient (Wildman–Crippen LogP) is 3.85. The van der Waals surface area contributed by atoms with E-state index in [9.17, 15) is 13.2 Å². The van der Waals surface area contributed by atoms with Gasteiger partial charge in [0, 0.05) is 23.1 Å². The summed E-state index contributed by atoms with van der Waals surface area (Å²) < 4.78 is 25.7. The second-order valence-electron chi connectivity index (χ2n) is 6.54. The Morgan fingerprint density at radius 1 is 1.21 bits per heavy atom. The van der Waals surface area contributed by atoms with Crippen LogP contribution in [0.25, 0.3) is 0 Å². The number of hydrogen-bond donors (Lipinski definition) is 1. The van der Waals surface area contributed by atoms with Gasteiger partial charge in [0.2, 0.25) is 15.9 Å². The molecule has 0 saturated heterocycles. The number of rotatable bonds is 9. The van der Waals surface area contributed by atoms with Gasteiger partial charge in [-0.05, 0) is 49.2 Å². The number of hydrogen-bond acceptors (Lipinski definition) is 4. The highest BCUT2D eigenvalue weighted by molar-refractivity contribution is 7.98. The standard InChI is InChI=1S/C20H25ClN2O3S2/c1-15-5-4-6-19(13-15)23(28(3,25)26)16(2)20(24)22-11-12-27-14-17-7-9-18(21)10-8-17/h4-10,13,16H,11-12,14H2,1-3H3,(H,22,24)/t16-/m0/s1. The normalized spacial score (nSPS) is 12.4. The van der Waals surface area contributed by atoms with E-state index in [1.54, 1.807) is 36.9 Å². The summed E-state index contributed by atoms with van der Waals surface area (Å²) >= 11 is 7.56. The molecule has 0 aliphatic carbocycles. The van der Waals surface area contributed by atoms with E-state index in [-0.39, 0.29) is 5.91 Å². The number of anilines is 1. The lowest BCUT2D eigenvalue weighted by atomic mass is 10.2. The van der Waals surface area contributed by atoms with Crippen molar-refractivity contribution >= 4 is 45.0 Å². The van der Waals surface area contributed by atoms with Gasteiger partial charge in [-0.1, -0.05) is 35.9 Å². The molecule has 0 aromatic heterocycles. The average Bonchev–Trinajstić information content (AvgIpc) is 2.61. The molecule has 2 aromatic carbocycles. The molecule has 0 spiro atoms. The van der Waals surface area contributed by atoms with Gasteiger partial charge in [-0.25, -0.2) is 8.42 Å². The zero-order chi connectivity index (χ0) is 20.7. The Balaban J connectivity index is 1.89. The van der Waals surface area contributed by atoms with Crippen LogP contribution >= 0.6 is 23.4 Å². The molecule has 0 bridgehead atoms. The van der Waals surface area contributed by atoms with Crippen molar-refractivity contribution in [2.75, 3.05) is 22.9 Å². The Bertz CT molecular complexity index is 902. The van der Waals surface area contributed by atoms with Crippen LogP contribution in [0.5, 0.6) is 0 Å². The maximum absolute atomic E-state index is 12.5. The summed E-state index contributed by atoms with van der Waals surface area (Å²) in [7, 11) is -3.60. The van der Waals surface area contributed by atoms with Crippen molar-refractivity contribution in [2.24, 2.45) is 0 Å². The summed E-state index contributed by atoms with van der Waals surface area (Å²) in [4.78, 5) is 12.5. The molecule has 1 atom stereocenters. The fourth-order valence-corrected chi connectivity index (χ4v) is 4.85. The van der Waals surface area contributed by atoms with Gasteiger partial charge in [-0.15, -0.1) is 0 Å². The van der Waals surface area contributed by atoms with Gasteiger partial charge in [0.15, 0.2) is 0 Å². The smallest absolute Gasteiger partial charge is 0.243 e. The molecule has 2 aromatic rings. The van der Waals surface area contributed by atoms with Crippen LogP contribution in [0.2, 0.25) is 5.02 Å². The van der Waals surface area contributed by atoms with Crippen LogP contribution in [0.15, 0.2) is 48.5 Å². The molecule has 0 aliphatic heterocycles. The van der Waals surface area contributed by atoms with E-state index in [4.69, 9.17) is 11.6 Å². The van der Waals surface area contributed by atoms with E-state index in [0.29, 0.717) is 17.3 Å². The minimum absolute atomic E-state index is 0.320. The number of amides is 1. The van der Waals surface area contributed by atoms with Crippen molar-refractivity contribution < 1.29 is 13.2 Å². The fraction of sp³-hybridized carbons (Fsp3) is 0.350. The third kappa shape index (κ3) is 6.72. The van der Waals surface area contributed by atoms with Gasteiger partial charge in [-0.3, -0.25) is 9.10 Å². The molecule has 0 radical (unpaired) electrons. The average molecular weight is 441 g/mol. The summed E-state index contributed by atoms with van der Waals surface area (Å²) in [6.45, 7) is 3.94. The van der Waals surface area contributed by atoms with E-state index in [0.717, 1.165) is 33.2 Å². The second-order valence-corrected chi connectivity index (χ2v) is 9.94. The SMILES string of the molecule is Cc1cccc(N([C@@H](C)C(=O)NCCSCc2ccc(Cl)cc2)S(C)(=O)=O)c1. The van der Waals surface area contributed by atoms with Crippen molar-refractivity contribution in [1.82, 2.24) is 5.32 Å². The van der Waals surface area contributed by atoms with Crippen LogP contribution in [0.4, 0.5) is 5.69 Å². The van der Waals surface area contributed by atoms with Crippen LogP contribution in [0.1, 0.15) is 18.1 Å². The number of aryl methyl sites for hydroxylation is 1. The number of carbonyl (C=O) groups excluding carboxylic acids is 1. The summed E-state index contributed by atoms with van der Waals surface area (Å²) in [6.07, 6.45) is 1.11.